The molecule has 0 unspecified atom stereocenters. The third-order valence-corrected chi connectivity index (χ3v) is 2.97. The van der Waals surface area contributed by atoms with Crippen molar-refractivity contribution in [1.82, 2.24) is 0 Å². The summed E-state index contributed by atoms with van der Waals surface area (Å²) in [5, 5.41) is 9.06. The monoisotopic (exact) mass is 325 g/mol. The van der Waals surface area contributed by atoms with Crippen LogP contribution < -0.4 is 10.5 Å². The Morgan fingerprint density at radius 1 is 1.21 bits per heavy atom. The summed E-state index contributed by atoms with van der Waals surface area (Å²) in [5.74, 6) is -1.16. The molecule has 0 aliphatic rings. The van der Waals surface area contributed by atoms with E-state index in [9.17, 15) is 9.18 Å². The Morgan fingerprint density at radius 2 is 1.95 bits per heavy atom. The fourth-order valence-electron chi connectivity index (χ4n) is 1.48. The van der Waals surface area contributed by atoms with Crippen molar-refractivity contribution in [1.29, 1.82) is 0 Å². The maximum absolute atomic E-state index is 13.0. The van der Waals surface area contributed by atoms with E-state index in [2.05, 4.69) is 15.9 Å². The predicted molar refractivity (Wildman–Crippen MR) is 72.0 cm³/mol. The van der Waals surface area contributed by atoms with E-state index in [1.54, 1.807) is 0 Å². The highest BCUT2D eigenvalue weighted by Gasteiger charge is 2.13. The first-order chi connectivity index (χ1) is 8.97. The lowest BCUT2D eigenvalue weighted by molar-refractivity contribution is 0.0694. The van der Waals surface area contributed by atoms with E-state index in [1.165, 1.54) is 36.4 Å². The molecule has 3 N–H and O–H groups in total. The van der Waals surface area contributed by atoms with Crippen molar-refractivity contribution in [2.24, 2.45) is 0 Å². The number of nitrogens with two attached hydrogens (primary N) is 1. The van der Waals surface area contributed by atoms with E-state index in [1.807, 2.05) is 0 Å². The normalized spacial score (nSPS) is 10.2. The van der Waals surface area contributed by atoms with Gasteiger partial charge in [-0.2, -0.15) is 0 Å². The summed E-state index contributed by atoms with van der Waals surface area (Å²) in [5.41, 5.74) is 5.95. The number of anilines is 1. The topological polar surface area (TPSA) is 72.6 Å². The van der Waals surface area contributed by atoms with Crippen LogP contribution in [0.15, 0.2) is 40.9 Å². The quantitative estimate of drug-likeness (QED) is 0.844. The van der Waals surface area contributed by atoms with Gasteiger partial charge in [0, 0.05) is 11.8 Å². The first kappa shape index (κ1) is 13.4. The molecule has 2 aromatic carbocycles. The zero-order valence-electron chi connectivity index (χ0n) is 9.56. The Hall–Kier alpha value is -2.08. The van der Waals surface area contributed by atoms with Crippen molar-refractivity contribution < 1.29 is 19.0 Å². The number of hydrogen-bond acceptors (Lipinski definition) is 3. The number of aromatic carboxylic acids is 1. The number of nitrogen functional groups attached to an aromatic ring is 1. The molecule has 2 aromatic rings. The molecule has 0 saturated heterocycles. The Morgan fingerprint density at radius 3 is 2.58 bits per heavy atom. The van der Waals surface area contributed by atoms with Gasteiger partial charge in [0.25, 0.3) is 0 Å². The van der Waals surface area contributed by atoms with Gasteiger partial charge in [-0.3, -0.25) is 0 Å². The summed E-state index contributed by atoms with van der Waals surface area (Å²) >= 11 is 3.14. The minimum atomic E-state index is -1.13. The summed E-state index contributed by atoms with van der Waals surface area (Å²) in [7, 11) is 0. The summed E-state index contributed by atoms with van der Waals surface area (Å²) in [4.78, 5) is 11.1. The zero-order valence-corrected chi connectivity index (χ0v) is 11.1. The number of rotatable bonds is 3. The second-order valence-electron chi connectivity index (χ2n) is 3.74. The predicted octanol–water partition coefficient (Wildman–Crippen LogP) is 3.66. The number of benzene rings is 2. The summed E-state index contributed by atoms with van der Waals surface area (Å²) in [6.07, 6.45) is 0. The first-order valence-corrected chi connectivity index (χ1v) is 6.02. The van der Waals surface area contributed by atoms with E-state index in [0.717, 1.165) is 0 Å². The first-order valence-electron chi connectivity index (χ1n) is 5.23. The molecule has 0 spiro atoms. The third-order valence-electron chi connectivity index (χ3n) is 2.35. The number of carbonyl (C=O) groups is 1. The standard InChI is InChI=1S/C13H9BrFNO3/c14-10-5-7(15)1-4-11(10)19-12-6-8(16)2-3-9(12)13(17)18/h1-6H,16H2,(H,17,18). The van der Waals surface area contributed by atoms with Crippen LogP contribution in [-0.4, -0.2) is 11.1 Å². The van der Waals surface area contributed by atoms with Crippen molar-refractivity contribution in [3.63, 3.8) is 0 Å². The van der Waals surface area contributed by atoms with Crippen LogP contribution in [0, 0.1) is 5.82 Å². The zero-order chi connectivity index (χ0) is 14.0. The number of carboxylic acids is 1. The molecule has 0 bridgehead atoms. The molecular formula is C13H9BrFNO3. The van der Waals surface area contributed by atoms with Gasteiger partial charge >= 0.3 is 5.97 Å². The Balaban J connectivity index is 2.42. The smallest absolute Gasteiger partial charge is 0.339 e. The molecular weight excluding hydrogens is 317 g/mol. The molecule has 19 heavy (non-hydrogen) atoms. The lowest BCUT2D eigenvalue weighted by Crippen LogP contribution is -2.01. The van der Waals surface area contributed by atoms with Gasteiger partial charge in [-0.05, 0) is 46.3 Å². The largest absolute Gasteiger partial charge is 0.478 e. The number of halogens is 2. The maximum Gasteiger partial charge on any atom is 0.339 e. The van der Waals surface area contributed by atoms with Crippen molar-refractivity contribution in [2.45, 2.75) is 0 Å². The van der Waals surface area contributed by atoms with Gasteiger partial charge in [-0.25, -0.2) is 9.18 Å². The third kappa shape index (κ3) is 3.03. The minimum absolute atomic E-state index is 0.0228. The van der Waals surface area contributed by atoms with Crippen molar-refractivity contribution in [3.8, 4) is 11.5 Å². The van der Waals surface area contributed by atoms with Gasteiger partial charge in [-0.1, -0.05) is 0 Å². The van der Waals surface area contributed by atoms with Crippen molar-refractivity contribution in [3.05, 3.63) is 52.3 Å². The fourth-order valence-corrected chi connectivity index (χ4v) is 1.91. The van der Waals surface area contributed by atoms with Crippen LogP contribution >= 0.6 is 15.9 Å². The fraction of sp³-hybridized carbons (Fsp3) is 0. The van der Waals surface area contributed by atoms with Gasteiger partial charge in [0.1, 0.15) is 22.9 Å². The molecule has 98 valence electrons. The van der Waals surface area contributed by atoms with Crippen LogP contribution in [0.5, 0.6) is 11.5 Å². The van der Waals surface area contributed by atoms with Crippen molar-refractivity contribution >= 4 is 27.6 Å². The van der Waals surface area contributed by atoms with E-state index in [0.29, 0.717) is 15.9 Å². The highest BCUT2D eigenvalue weighted by molar-refractivity contribution is 9.10. The van der Waals surface area contributed by atoms with Crippen LogP contribution in [0.25, 0.3) is 0 Å². The van der Waals surface area contributed by atoms with Crippen LogP contribution in [0.3, 0.4) is 0 Å². The molecule has 6 heteroatoms. The average molecular weight is 326 g/mol. The van der Waals surface area contributed by atoms with Gasteiger partial charge in [0.15, 0.2) is 0 Å². The Bertz CT molecular complexity index is 646. The maximum atomic E-state index is 13.0. The lowest BCUT2D eigenvalue weighted by Gasteiger charge is -2.11. The molecule has 0 saturated carbocycles. The molecule has 0 fully saturated rings. The SMILES string of the molecule is Nc1ccc(C(=O)O)c(Oc2ccc(F)cc2Br)c1. The molecule has 0 aromatic heterocycles. The van der Waals surface area contributed by atoms with E-state index < -0.39 is 11.8 Å². The van der Waals surface area contributed by atoms with Crippen molar-refractivity contribution in [2.75, 3.05) is 5.73 Å². The lowest BCUT2D eigenvalue weighted by atomic mass is 10.2. The Labute approximate surface area is 116 Å². The summed E-state index contributed by atoms with van der Waals surface area (Å²) < 4.78 is 18.8. The van der Waals surface area contributed by atoms with E-state index >= 15 is 0 Å². The van der Waals surface area contributed by atoms with Crippen LogP contribution in [0.1, 0.15) is 10.4 Å². The van der Waals surface area contributed by atoms with Crippen LogP contribution in [0.2, 0.25) is 0 Å². The molecule has 0 radical (unpaired) electrons. The molecule has 0 aliphatic carbocycles. The second-order valence-corrected chi connectivity index (χ2v) is 4.59. The molecule has 0 aliphatic heterocycles. The molecule has 0 heterocycles. The second kappa shape index (κ2) is 5.27. The number of hydrogen-bond donors (Lipinski definition) is 2. The summed E-state index contributed by atoms with van der Waals surface area (Å²) in [6, 6.07) is 8.06. The summed E-state index contributed by atoms with van der Waals surface area (Å²) in [6.45, 7) is 0. The van der Waals surface area contributed by atoms with Gasteiger partial charge in [0.2, 0.25) is 0 Å². The highest BCUT2D eigenvalue weighted by Crippen LogP contribution is 2.33. The minimum Gasteiger partial charge on any atom is -0.478 e. The highest BCUT2D eigenvalue weighted by atomic mass is 79.9. The van der Waals surface area contributed by atoms with Gasteiger partial charge < -0.3 is 15.6 Å². The van der Waals surface area contributed by atoms with Crippen LogP contribution in [0.4, 0.5) is 10.1 Å². The molecule has 2 rings (SSSR count). The number of ether oxygens (including phenoxy) is 1. The molecule has 0 atom stereocenters. The molecule has 4 nitrogen and oxygen atoms in total. The average Bonchev–Trinajstić information content (AvgIpc) is 2.32. The van der Waals surface area contributed by atoms with Crippen LogP contribution in [-0.2, 0) is 0 Å². The van der Waals surface area contributed by atoms with E-state index in [4.69, 9.17) is 15.6 Å². The molecule has 0 amide bonds. The van der Waals surface area contributed by atoms with E-state index in [-0.39, 0.29) is 11.3 Å². The Kier molecular flexibility index (Phi) is 3.71. The van der Waals surface area contributed by atoms with Gasteiger partial charge in [0.05, 0.1) is 4.47 Å². The number of carboxylic acid groups (broad SMARTS) is 1. The van der Waals surface area contributed by atoms with Gasteiger partial charge in [-0.15, -0.1) is 0 Å².